The summed E-state index contributed by atoms with van der Waals surface area (Å²) in [6.45, 7) is 0. The number of aryl methyl sites for hydroxylation is 2. The second kappa shape index (κ2) is 13.0. The van der Waals surface area contributed by atoms with Gasteiger partial charge in [-0.15, -0.1) is 0 Å². The predicted octanol–water partition coefficient (Wildman–Crippen LogP) is 5.59. The monoisotopic (exact) mass is 631 g/mol. The van der Waals surface area contributed by atoms with Gasteiger partial charge in [0.2, 0.25) is 0 Å². The standard InChI is InChI=1S/2C13H14O2.Ac/c2*14-12-8-9-13(15)11(12)7-6-10-4-2-1-3-5-10;/h2*1-5,14H,6-9H2;. The van der Waals surface area contributed by atoms with Gasteiger partial charge < -0.3 is 10.2 Å². The quantitative estimate of drug-likeness (QED) is 0.437. The van der Waals surface area contributed by atoms with Crippen LogP contribution in [0.15, 0.2) is 83.3 Å². The number of aliphatic hydroxyl groups excluding tert-OH is 2. The molecule has 2 N–H and O–H groups in total. The van der Waals surface area contributed by atoms with Gasteiger partial charge in [0.15, 0.2) is 11.6 Å². The number of ketones is 2. The molecule has 2 aromatic rings. The summed E-state index contributed by atoms with van der Waals surface area (Å²) in [4.78, 5) is 22.8. The fourth-order valence-corrected chi connectivity index (χ4v) is 3.78. The number of allylic oxidation sites excluding steroid dienone is 4. The summed E-state index contributed by atoms with van der Waals surface area (Å²) in [6, 6.07) is 20.0. The Kier molecular flexibility index (Phi) is 10.7. The SMILES string of the molecule is O=C1CCC(O)=C1CCc1ccccc1.O=C1CCC(O)=C1CCc1ccccc1.[Ac]. The number of carbonyl (C=O) groups is 2. The molecule has 4 rings (SSSR count). The molecule has 0 saturated heterocycles. The van der Waals surface area contributed by atoms with E-state index in [-0.39, 0.29) is 55.6 Å². The maximum absolute atomic E-state index is 11.4. The number of hydrogen-bond acceptors (Lipinski definition) is 4. The minimum absolute atomic E-state index is 0. The normalized spacial score (nSPS) is 15.6. The molecule has 0 aliphatic heterocycles. The van der Waals surface area contributed by atoms with Gasteiger partial charge in [-0.3, -0.25) is 9.59 Å². The van der Waals surface area contributed by atoms with E-state index in [1.54, 1.807) is 0 Å². The molecule has 4 nitrogen and oxygen atoms in total. The van der Waals surface area contributed by atoms with E-state index in [1.165, 1.54) is 11.1 Å². The predicted molar refractivity (Wildman–Crippen MR) is 117 cm³/mol. The van der Waals surface area contributed by atoms with Crippen LogP contribution in [0.5, 0.6) is 0 Å². The van der Waals surface area contributed by atoms with Gasteiger partial charge >= 0.3 is 0 Å². The van der Waals surface area contributed by atoms with Crippen LogP contribution in [0.25, 0.3) is 0 Å². The van der Waals surface area contributed by atoms with Gasteiger partial charge in [-0.2, -0.15) is 0 Å². The van der Waals surface area contributed by atoms with Crippen LogP contribution < -0.4 is 0 Å². The molecule has 2 aliphatic rings. The van der Waals surface area contributed by atoms with Crippen molar-refractivity contribution in [1.29, 1.82) is 0 Å². The second-order valence-corrected chi connectivity index (χ2v) is 7.67. The van der Waals surface area contributed by atoms with E-state index >= 15 is 0 Å². The Morgan fingerprint density at radius 3 is 1.19 bits per heavy atom. The van der Waals surface area contributed by atoms with Gasteiger partial charge in [0, 0.05) is 80.9 Å². The van der Waals surface area contributed by atoms with Gasteiger partial charge in [0.1, 0.15) is 0 Å². The van der Waals surface area contributed by atoms with Crippen LogP contribution in [0.1, 0.15) is 49.7 Å². The van der Waals surface area contributed by atoms with Crippen molar-refractivity contribution in [3.8, 4) is 0 Å². The molecule has 31 heavy (non-hydrogen) atoms. The van der Waals surface area contributed by atoms with Gasteiger partial charge in [-0.25, -0.2) is 0 Å². The summed E-state index contributed by atoms with van der Waals surface area (Å²) in [7, 11) is 0. The number of aliphatic hydroxyl groups is 2. The molecule has 0 fully saturated rings. The van der Waals surface area contributed by atoms with Crippen LogP contribution in [0.3, 0.4) is 0 Å². The van der Waals surface area contributed by atoms with Crippen LogP contribution in [0, 0.1) is 44.1 Å². The van der Waals surface area contributed by atoms with E-state index in [0.717, 1.165) is 12.8 Å². The summed E-state index contributed by atoms with van der Waals surface area (Å²) in [5.74, 6) is 0.832. The topological polar surface area (TPSA) is 74.6 Å². The summed E-state index contributed by atoms with van der Waals surface area (Å²) in [5.41, 5.74) is 3.69. The molecule has 0 heterocycles. The first-order valence-corrected chi connectivity index (χ1v) is 10.5. The molecular formula is C26H28AcO4. The Morgan fingerprint density at radius 1 is 0.548 bits per heavy atom. The van der Waals surface area contributed by atoms with Crippen molar-refractivity contribution in [1.82, 2.24) is 0 Å². The smallest absolute Gasteiger partial charge is 0.162 e. The molecule has 0 spiro atoms. The zero-order valence-electron chi connectivity index (χ0n) is 17.7. The van der Waals surface area contributed by atoms with E-state index in [9.17, 15) is 19.8 Å². The first-order chi connectivity index (χ1) is 14.5. The molecule has 0 saturated carbocycles. The summed E-state index contributed by atoms with van der Waals surface area (Å²) >= 11 is 0. The average molecular weight is 632 g/mol. The maximum Gasteiger partial charge on any atom is 0.162 e. The molecule has 5 heteroatoms. The zero-order valence-corrected chi connectivity index (χ0v) is 22.5. The third-order valence-electron chi connectivity index (χ3n) is 5.56. The Balaban J connectivity index is 0.000000213. The molecule has 2 aliphatic carbocycles. The maximum atomic E-state index is 11.4. The van der Waals surface area contributed by atoms with Crippen molar-refractivity contribution in [3.63, 3.8) is 0 Å². The third kappa shape index (κ3) is 7.74. The molecule has 1 radical (unpaired) electrons. The van der Waals surface area contributed by atoms with Gasteiger partial charge in [-0.05, 0) is 36.8 Å². The first-order valence-electron chi connectivity index (χ1n) is 10.5. The summed E-state index contributed by atoms with van der Waals surface area (Å²) in [6.07, 6.45) is 5.00. The van der Waals surface area contributed by atoms with E-state index < -0.39 is 0 Å². The third-order valence-corrected chi connectivity index (χ3v) is 5.56. The van der Waals surface area contributed by atoms with Crippen LogP contribution in [-0.4, -0.2) is 21.8 Å². The fourth-order valence-electron chi connectivity index (χ4n) is 3.78. The van der Waals surface area contributed by atoms with Crippen LogP contribution in [0.4, 0.5) is 0 Å². The number of Topliss-reactive ketones (excluding diaryl/α,β-unsaturated/α-hetero) is 2. The molecule has 0 amide bonds. The van der Waals surface area contributed by atoms with Crippen LogP contribution >= 0.6 is 0 Å². The van der Waals surface area contributed by atoms with E-state index in [4.69, 9.17) is 0 Å². The number of rotatable bonds is 6. The first kappa shape index (κ1) is 25.6. The Labute approximate surface area is 219 Å². The van der Waals surface area contributed by atoms with Gasteiger partial charge in [0.05, 0.1) is 11.5 Å². The molecule has 0 atom stereocenters. The molecule has 0 bridgehead atoms. The second-order valence-electron chi connectivity index (χ2n) is 7.67. The van der Waals surface area contributed by atoms with Crippen molar-refractivity contribution < 1.29 is 63.9 Å². The molecule has 0 unspecified atom stereocenters. The molecule has 0 aromatic heterocycles. The van der Waals surface area contributed by atoms with Gasteiger partial charge in [0.25, 0.3) is 0 Å². The Hall–Kier alpha value is -1.70. The summed E-state index contributed by atoms with van der Waals surface area (Å²) in [5, 5.41) is 19.0. The van der Waals surface area contributed by atoms with Crippen LogP contribution in [-0.2, 0) is 22.4 Å². The minimum Gasteiger partial charge on any atom is -0.512 e. The van der Waals surface area contributed by atoms with Crippen molar-refractivity contribution in [3.05, 3.63) is 94.5 Å². The van der Waals surface area contributed by atoms with Crippen molar-refractivity contribution in [2.75, 3.05) is 0 Å². The van der Waals surface area contributed by atoms with Gasteiger partial charge in [-0.1, -0.05) is 60.7 Å². The molecular weight excluding hydrogens is 603 g/mol. The average Bonchev–Trinajstić information content (AvgIpc) is 3.27. The molecule has 2 aromatic carbocycles. The zero-order chi connectivity index (χ0) is 21.3. The number of carbonyl (C=O) groups excluding carboxylic acids is 2. The fraction of sp³-hybridized carbons (Fsp3) is 0.308. The van der Waals surface area contributed by atoms with Crippen molar-refractivity contribution >= 4 is 11.6 Å². The Morgan fingerprint density at radius 2 is 0.903 bits per heavy atom. The van der Waals surface area contributed by atoms with E-state index in [0.29, 0.717) is 61.2 Å². The van der Waals surface area contributed by atoms with Crippen molar-refractivity contribution in [2.24, 2.45) is 0 Å². The van der Waals surface area contributed by atoms with Crippen molar-refractivity contribution in [2.45, 2.75) is 51.4 Å². The van der Waals surface area contributed by atoms with Crippen LogP contribution in [0.2, 0.25) is 0 Å². The molecule has 159 valence electrons. The van der Waals surface area contributed by atoms with E-state index in [1.807, 2.05) is 60.7 Å². The summed E-state index contributed by atoms with van der Waals surface area (Å²) < 4.78 is 0. The minimum atomic E-state index is 0. The Bertz CT molecular complexity index is 866. The largest absolute Gasteiger partial charge is 0.512 e. The number of hydrogen-bond donors (Lipinski definition) is 2. The van der Waals surface area contributed by atoms with E-state index in [2.05, 4.69) is 0 Å². The number of benzene rings is 2.